The summed E-state index contributed by atoms with van der Waals surface area (Å²) in [6.45, 7) is 2.45. The molecule has 8 heteroatoms. The summed E-state index contributed by atoms with van der Waals surface area (Å²) in [6, 6.07) is 1.41. The van der Waals surface area contributed by atoms with Crippen molar-refractivity contribution in [2.75, 3.05) is 17.2 Å². The standard InChI is InChI=1S/C12H17F3N4O/c1-2-3-16-9-6-10(17-7-4-8(20)5-7)19-11(18-9)12(13,14)15/h6-8,20H,2-5H2,1H3,(H2,16,17,18,19). The maximum atomic E-state index is 12.7. The predicted molar refractivity (Wildman–Crippen MR) is 68.5 cm³/mol. The molecule has 0 aromatic carbocycles. The molecule has 112 valence electrons. The summed E-state index contributed by atoms with van der Waals surface area (Å²) in [6.07, 6.45) is -3.15. The zero-order chi connectivity index (χ0) is 14.8. The fourth-order valence-corrected chi connectivity index (χ4v) is 1.91. The van der Waals surface area contributed by atoms with Crippen molar-refractivity contribution in [2.45, 2.75) is 44.5 Å². The molecular formula is C12H17F3N4O. The highest BCUT2D eigenvalue weighted by Gasteiger charge is 2.36. The molecule has 0 spiro atoms. The molecule has 5 nitrogen and oxygen atoms in total. The van der Waals surface area contributed by atoms with Crippen LogP contribution in [0.2, 0.25) is 0 Å². The second kappa shape index (κ2) is 5.82. The molecule has 20 heavy (non-hydrogen) atoms. The molecule has 1 heterocycles. The van der Waals surface area contributed by atoms with Crippen LogP contribution in [0.3, 0.4) is 0 Å². The Balaban J connectivity index is 2.16. The second-order valence-corrected chi connectivity index (χ2v) is 4.85. The van der Waals surface area contributed by atoms with Crippen molar-refractivity contribution in [1.29, 1.82) is 0 Å². The van der Waals surface area contributed by atoms with Crippen molar-refractivity contribution >= 4 is 11.6 Å². The van der Waals surface area contributed by atoms with Crippen LogP contribution in [0.5, 0.6) is 0 Å². The fraction of sp³-hybridized carbons (Fsp3) is 0.667. The van der Waals surface area contributed by atoms with Gasteiger partial charge in [-0.15, -0.1) is 0 Å². The van der Waals surface area contributed by atoms with Gasteiger partial charge in [-0.25, -0.2) is 9.97 Å². The van der Waals surface area contributed by atoms with Gasteiger partial charge in [0.05, 0.1) is 6.10 Å². The third-order valence-corrected chi connectivity index (χ3v) is 3.00. The first-order valence-electron chi connectivity index (χ1n) is 6.53. The van der Waals surface area contributed by atoms with Gasteiger partial charge in [0.25, 0.3) is 0 Å². The molecule has 1 aliphatic carbocycles. The van der Waals surface area contributed by atoms with Crippen LogP contribution in [0, 0.1) is 0 Å². The molecule has 0 amide bonds. The van der Waals surface area contributed by atoms with Gasteiger partial charge < -0.3 is 15.7 Å². The van der Waals surface area contributed by atoms with Crippen molar-refractivity contribution in [3.05, 3.63) is 11.9 Å². The number of alkyl halides is 3. The van der Waals surface area contributed by atoms with E-state index in [2.05, 4.69) is 20.6 Å². The highest BCUT2D eigenvalue weighted by molar-refractivity contribution is 5.48. The Hall–Kier alpha value is -1.57. The summed E-state index contributed by atoms with van der Waals surface area (Å²) in [4.78, 5) is 6.96. The average Bonchev–Trinajstić information content (AvgIpc) is 2.33. The topological polar surface area (TPSA) is 70.1 Å². The van der Waals surface area contributed by atoms with Gasteiger partial charge in [0.2, 0.25) is 5.82 Å². The number of aliphatic hydroxyl groups excluding tert-OH is 1. The molecule has 0 atom stereocenters. The van der Waals surface area contributed by atoms with Gasteiger partial charge >= 0.3 is 6.18 Å². The Morgan fingerprint density at radius 3 is 2.50 bits per heavy atom. The van der Waals surface area contributed by atoms with Crippen LogP contribution in [0.15, 0.2) is 6.07 Å². The first-order valence-corrected chi connectivity index (χ1v) is 6.53. The lowest BCUT2D eigenvalue weighted by molar-refractivity contribution is -0.144. The van der Waals surface area contributed by atoms with Crippen molar-refractivity contribution in [2.24, 2.45) is 0 Å². The monoisotopic (exact) mass is 290 g/mol. The number of rotatable bonds is 5. The Morgan fingerprint density at radius 2 is 1.95 bits per heavy atom. The molecule has 1 aromatic rings. The minimum atomic E-state index is -4.58. The van der Waals surface area contributed by atoms with E-state index in [0.29, 0.717) is 19.4 Å². The molecule has 1 aromatic heterocycles. The number of aliphatic hydroxyl groups is 1. The lowest BCUT2D eigenvalue weighted by Gasteiger charge is -2.32. The Bertz CT molecular complexity index is 461. The van der Waals surface area contributed by atoms with Crippen molar-refractivity contribution in [3.8, 4) is 0 Å². The van der Waals surface area contributed by atoms with Crippen LogP contribution in [0.25, 0.3) is 0 Å². The van der Waals surface area contributed by atoms with E-state index in [0.717, 1.165) is 6.42 Å². The Labute approximate surface area is 114 Å². The van der Waals surface area contributed by atoms with Crippen molar-refractivity contribution < 1.29 is 18.3 Å². The first kappa shape index (κ1) is 14.8. The average molecular weight is 290 g/mol. The highest BCUT2D eigenvalue weighted by atomic mass is 19.4. The van der Waals surface area contributed by atoms with Gasteiger partial charge in [-0.2, -0.15) is 13.2 Å². The van der Waals surface area contributed by atoms with Crippen molar-refractivity contribution in [1.82, 2.24) is 9.97 Å². The number of hydrogen-bond acceptors (Lipinski definition) is 5. The van der Waals surface area contributed by atoms with Crippen LogP contribution in [0.4, 0.5) is 24.8 Å². The van der Waals surface area contributed by atoms with E-state index >= 15 is 0 Å². The largest absolute Gasteiger partial charge is 0.451 e. The summed E-state index contributed by atoms with van der Waals surface area (Å²) in [5.74, 6) is -0.889. The van der Waals surface area contributed by atoms with E-state index in [1.807, 2.05) is 6.92 Å². The zero-order valence-corrected chi connectivity index (χ0v) is 11.0. The van der Waals surface area contributed by atoms with Gasteiger partial charge in [0.1, 0.15) is 11.6 Å². The van der Waals surface area contributed by atoms with Gasteiger partial charge in [-0.1, -0.05) is 6.92 Å². The molecule has 0 saturated heterocycles. The normalized spacial score (nSPS) is 22.2. The first-order chi connectivity index (χ1) is 9.38. The van der Waals surface area contributed by atoms with Crippen LogP contribution >= 0.6 is 0 Å². The van der Waals surface area contributed by atoms with E-state index in [9.17, 15) is 18.3 Å². The minimum Gasteiger partial charge on any atom is -0.393 e. The summed E-state index contributed by atoms with van der Waals surface area (Å²) < 4.78 is 38.2. The molecule has 2 rings (SSSR count). The number of hydrogen-bond donors (Lipinski definition) is 3. The van der Waals surface area contributed by atoms with Gasteiger partial charge in [-0.3, -0.25) is 0 Å². The molecule has 0 unspecified atom stereocenters. The maximum absolute atomic E-state index is 12.7. The number of nitrogens with one attached hydrogen (secondary N) is 2. The Morgan fingerprint density at radius 1 is 1.30 bits per heavy atom. The van der Waals surface area contributed by atoms with Gasteiger partial charge in [0, 0.05) is 18.7 Å². The van der Waals surface area contributed by atoms with Crippen LogP contribution in [-0.2, 0) is 6.18 Å². The predicted octanol–water partition coefficient (Wildman–Crippen LogP) is 2.25. The second-order valence-electron chi connectivity index (χ2n) is 4.85. The summed E-state index contributed by atoms with van der Waals surface area (Å²) in [5, 5.41) is 14.9. The van der Waals surface area contributed by atoms with Crippen molar-refractivity contribution in [3.63, 3.8) is 0 Å². The third kappa shape index (κ3) is 3.72. The molecule has 0 aliphatic heterocycles. The van der Waals surface area contributed by atoms with Crippen LogP contribution in [-0.4, -0.2) is 33.8 Å². The van der Waals surface area contributed by atoms with Gasteiger partial charge in [0.15, 0.2) is 0 Å². The van der Waals surface area contributed by atoms with Gasteiger partial charge in [-0.05, 0) is 19.3 Å². The molecule has 3 N–H and O–H groups in total. The fourth-order valence-electron chi connectivity index (χ4n) is 1.91. The van der Waals surface area contributed by atoms with E-state index in [-0.39, 0.29) is 23.8 Å². The number of halogens is 3. The van der Waals surface area contributed by atoms with E-state index < -0.39 is 12.0 Å². The van der Waals surface area contributed by atoms with E-state index in [4.69, 9.17) is 0 Å². The Kier molecular flexibility index (Phi) is 4.32. The third-order valence-electron chi connectivity index (χ3n) is 3.00. The molecular weight excluding hydrogens is 273 g/mol. The minimum absolute atomic E-state index is 0.0417. The summed E-state index contributed by atoms with van der Waals surface area (Å²) in [7, 11) is 0. The number of aromatic nitrogens is 2. The summed E-state index contributed by atoms with van der Waals surface area (Å²) in [5.41, 5.74) is 0. The summed E-state index contributed by atoms with van der Waals surface area (Å²) >= 11 is 0. The number of nitrogens with zero attached hydrogens (tertiary/aromatic N) is 2. The highest BCUT2D eigenvalue weighted by Crippen LogP contribution is 2.30. The maximum Gasteiger partial charge on any atom is 0.451 e. The van der Waals surface area contributed by atoms with E-state index in [1.54, 1.807) is 0 Å². The SMILES string of the molecule is CCCNc1cc(NC2CC(O)C2)nc(C(F)(F)F)n1. The lowest BCUT2D eigenvalue weighted by atomic mass is 9.89. The molecule has 0 radical (unpaired) electrons. The van der Waals surface area contributed by atoms with E-state index in [1.165, 1.54) is 6.07 Å². The number of anilines is 2. The lowest BCUT2D eigenvalue weighted by Crippen LogP contribution is -2.39. The molecule has 1 aliphatic rings. The molecule has 1 saturated carbocycles. The van der Waals surface area contributed by atoms with Crippen LogP contribution < -0.4 is 10.6 Å². The zero-order valence-electron chi connectivity index (χ0n) is 11.0. The molecule has 0 bridgehead atoms. The quantitative estimate of drug-likeness (QED) is 0.776. The molecule has 1 fully saturated rings. The van der Waals surface area contributed by atoms with Crippen LogP contribution in [0.1, 0.15) is 32.0 Å². The smallest absolute Gasteiger partial charge is 0.393 e.